The van der Waals surface area contributed by atoms with Crippen molar-refractivity contribution in [2.24, 2.45) is 5.92 Å². The van der Waals surface area contributed by atoms with Gasteiger partial charge in [0.05, 0.1) is 6.07 Å². The number of hydroxylamine groups is 1. The van der Waals surface area contributed by atoms with Crippen LogP contribution in [0.4, 0.5) is 0 Å². The van der Waals surface area contributed by atoms with Crippen molar-refractivity contribution in [3.05, 3.63) is 0 Å². The summed E-state index contributed by atoms with van der Waals surface area (Å²) in [4.78, 5) is 5.08. The normalized spacial score (nSPS) is 24.0. The van der Waals surface area contributed by atoms with Gasteiger partial charge in [0.1, 0.15) is 6.11 Å². The second-order valence-corrected chi connectivity index (χ2v) is 5.96. The Hall–Kier alpha value is -1.19. The number of nitrogens with one attached hydrogen (secondary N) is 1. The fraction of sp³-hybridized carbons (Fsp3) is 0.833. The van der Waals surface area contributed by atoms with Gasteiger partial charge in [-0.05, 0) is 25.7 Å². The van der Waals surface area contributed by atoms with Crippen molar-refractivity contribution in [3.8, 4) is 18.1 Å². The van der Waals surface area contributed by atoms with E-state index in [1.807, 2.05) is 0 Å². The molecule has 0 saturated heterocycles. The van der Waals surface area contributed by atoms with E-state index in [0.29, 0.717) is 0 Å². The van der Waals surface area contributed by atoms with Crippen molar-refractivity contribution in [1.29, 1.82) is 5.26 Å². The van der Waals surface area contributed by atoms with E-state index >= 15 is 0 Å². The van der Waals surface area contributed by atoms with Gasteiger partial charge in [0, 0.05) is 18.9 Å². The van der Waals surface area contributed by atoms with Crippen molar-refractivity contribution < 1.29 is 4.84 Å². The molecule has 0 aromatic rings. The molecule has 0 saturated carbocycles. The predicted molar refractivity (Wildman–Crippen MR) is 86.0 cm³/mol. The molecule has 0 fully saturated rings. The van der Waals surface area contributed by atoms with E-state index in [1.165, 1.54) is 51.4 Å². The minimum absolute atomic E-state index is 0.243. The maximum atomic E-state index is 9.17. The van der Waals surface area contributed by atoms with Crippen LogP contribution < -0.4 is 5.48 Å². The van der Waals surface area contributed by atoms with E-state index < -0.39 is 0 Å². The molecule has 0 aliphatic carbocycles. The Balaban J connectivity index is 2.23. The molecule has 3 heteroatoms. The van der Waals surface area contributed by atoms with Gasteiger partial charge in [-0.25, -0.2) is 0 Å². The Labute approximate surface area is 130 Å². The average Bonchev–Trinajstić information content (AvgIpc) is 2.51. The smallest absolute Gasteiger partial charge is 0.137 e. The van der Waals surface area contributed by atoms with E-state index in [1.54, 1.807) is 0 Å². The zero-order chi connectivity index (χ0) is 15.0. The minimum Gasteiger partial charge on any atom is -0.356 e. The fourth-order valence-corrected chi connectivity index (χ4v) is 2.70. The second-order valence-electron chi connectivity index (χ2n) is 5.96. The molecule has 3 nitrogen and oxygen atoms in total. The summed E-state index contributed by atoms with van der Waals surface area (Å²) in [6.07, 6.45) is 18.2. The van der Waals surface area contributed by atoms with Gasteiger partial charge in [-0.1, -0.05) is 57.3 Å². The van der Waals surface area contributed by atoms with Crippen LogP contribution in [0, 0.1) is 29.3 Å². The number of hydrogen-bond acceptors (Lipinski definition) is 3. The topological polar surface area (TPSA) is 45.0 Å². The lowest BCUT2D eigenvalue weighted by Gasteiger charge is -2.08. The van der Waals surface area contributed by atoms with Gasteiger partial charge in [-0.3, -0.25) is 0 Å². The highest BCUT2D eigenvalue weighted by atomic mass is 16.6. The molecule has 21 heavy (non-hydrogen) atoms. The van der Waals surface area contributed by atoms with Crippen LogP contribution in [-0.2, 0) is 4.84 Å². The van der Waals surface area contributed by atoms with Crippen LogP contribution in [0.2, 0.25) is 0 Å². The molecule has 0 radical (unpaired) electrons. The van der Waals surface area contributed by atoms with Gasteiger partial charge in [0.25, 0.3) is 0 Å². The van der Waals surface area contributed by atoms with Crippen molar-refractivity contribution >= 4 is 0 Å². The third-order valence-corrected chi connectivity index (χ3v) is 4.06. The zero-order valence-corrected chi connectivity index (χ0v) is 13.3. The largest absolute Gasteiger partial charge is 0.356 e. The number of rotatable bonds is 0. The molecule has 1 atom stereocenters. The minimum atomic E-state index is 0.243. The molecule has 1 unspecified atom stereocenters. The lowest BCUT2D eigenvalue weighted by molar-refractivity contribution is 0.155. The second kappa shape index (κ2) is 13.8. The van der Waals surface area contributed by atoms with Gasteiger partial charge in [-0.15, -0.1) is 5.48 Å². The van der Waals surface area contributed by atoms with Crippen LogP contribution in [0.5, 0.6) is 0 Å². The maximum Gasteiger partial charge on any atom is 0.137 e. The summed E-state index contributed by atoms with van der Waals surface area (Å²) in [5.74, 6) is 3.28. The van der Waals surface area contributed by atoms with Crippen LogP contribution in [0.15, 0.2) is 0 Å². The summed E-state index contributed by atoms with van der Waals surface area (Å²) in [6.45, 7) is 0.812. The van der Waals surface area contributed by atoms with Crippen LogP contribution in [-0.4, -0.2) is 6.54 Å². The van der Waals surface area contributed by atoms with E-state index in [-0.39, 0.29) is 5.92 Å². The van der Waals surface area contributed by atoms with E-state index in [0.717, 1.165) is 38.6 Å². The van der Waals surface area contributed by atoms with Crippen LogP contribution >= 0.6 is 0 Å². The molecule has 1 heterocycles. The lowest BCUT2D eigenvalue weighted by Crippen LogP contribution is -2.13. The summed E-state index contributed by atoms with van der Waals surface area (Å²) in [7, 11) is 0. The molecule has 0 spiro atoms. The fourth-order valence-electron chi connectivity index (χ4n) is 2.70. The van der Waals surface area contributed by atoms with Crippen molar-refractivity contribution in [1.82, 2.24) is 5.48 Å². The molecule has 1 aliphatic heterocycles. The van der Waals surface area contributed by atoms with E-state index in [2.05, 4.69) is 23.6 Å². The van der Waals surface area contributed by atoms with Crippen molar-refractivity contribution in [2.45, 2.75) is 83.5 Å². The number of nitrogens with zero attached hydrogens (tertiary/aromatic N) is 1. The highest BCUT2D eigenvalue weighted by Gasteiger charge is 2.06. The monoisotopic (exact) mass is 290 g/mol. The summed E-state index contributed by atoms with van der Waals surface area (Å²) in [5, 5.41) is 9.17. The molecule has 0 aromatic heterocycles. The first-order valence-corrected chi connectivity index (χ1v) is 8.69. The highest BCUT2D eigenvalue weighted by molar-refractivity contribution is 4.90. The first-order valence-electron chi connectivity index (χ1n) is 8.69. The summed E-state index contributed by atoms with van der Waals surface area (Å²) in [5.41, 5.74) is 2.88. The third-order valence-electron chi connectivity index (χ3n) is 4.06. The molecule has 1 rings (SSSR count). The summed E-state index contributed by atoms with van der Waals surface area (Å²) < 4.78 is 0. The van der Waals surface area contributed by atoms with Crippen LogP contribution in [0.3, 0.4) is 0 Å². The number of nitriles is 1. The Morgan fingerprint density at radius 2 is 1.48 bits per heavy atom. The zero-order valence-electron chi connectivity index (χ0n) is 13.3. The quantitative estimate of drug-likeness (QED) is 0.658. The molecule has 1 N–H and O–H groups in total. The lowest BCUT2D eigenvalue weighted by atomic mass is 9.96. The molecule has 118 valence electrons. The van der Waals surface area contributed by atoms with Gasteiger partial charge in [-0.2, -0.15) is 5.26 Å². The predicted octanol–water partition coefficient (Wildman–Crippen LogP) is 4.69. The summed E-state index contributed by atoms with van der Waals surface area (Å²) >= 11 is 0. The van der Waals surface area contributed by atoms with Crippen molar-refractivity contribution in [2.75, 3.05) is 6.54 Å². The van der Waals surface area contributed by atoms with E-state index in [9.17, 15) is 0 Å². The number of hydrogen-bond donors (Lipinski definition) is 1. The first kappa shape index (κ1) is 17.9. The molecule has 1 aliphatic rings. The Kier molecular flexibility index (Phi) is 11.7. The standard InChI is InChI=1S/C18H30N2O/c19-17-18-13-9-7-5-3-1-2-4-6-8-12-16-21-20-15-11-10-14-18/h18,20H,1-11,13-15H2. The average molecular weight is 290 g/mol. The summed E-state index contributed by atoms with van der Waals surface area (Å²) in [6, 6.07) is 2.46. The van der Waals surface area contributed by atoms with Crippen molar-refractivity contribution in [3.63, 3.8) is 0 Å². The molecule has 0 aromatic carbocycles. The van der Waals surface area contributed by atoms with Gasteiger partial charge < -0.3 is 4.84 Å². The Morgan fingerprint density at radius 1 is 0.857 bits per heavy atom. The van der Waals surface area contributed by atoms with E-state index in [4.69, 9.17) is 10.1 Å². The van der Waals surface area contributed by atoms with Crippen LogP contribution in [0.25, 0.3) is 0 Å². The van der Waals surface area contributed by atoms with Gasteiger partial charge in [0.2, 0.25) is 0 Å². The van der Waals surface area contributed by atoms with Gasteiger partial charge >= 0.3 is 0 Å². The third kappa shape index (κ3) is 11.2. The van der Waals surface area contributed by atoms with Gasteiger partial charge in [0.15, 0.2) is 0 Å². The first-order chi connectivity index (χ1) is 10.4. The Morgan fingerprint density at radius 3 is 2.19 bits per heavy atom. The molecular weight excluding hydrogens is 260 g/mol. The molecular formula is C18H30N2O. The Bertz CT molecular complexity index is 337. The highest BCUT2D eigenvalue weighted by Crippen LogP contribution is 2.17. The van der Waals surface area contributed by atoms with Crippen LogP contribution in [0.1, 0.15) is 83.5 Å². The molecule has 0 bridgehead atoms. The maximum absolute atomic E-state index is 9.17. The SMILES string of the molecule is N#CC1CCCCCCCCCCC#CONCCCC1. The molecule has 0 amide bonds.